The maximum absolute atomic E-state index is 14.9. The first-order valence-electron chi connectivity index (χ1n) is 27.3. The Bertz CT molecular complexity index is 2870. The van der Waals surface area contributed by atoms with Gasteiger partial charge in [0.1, 0.15) is 18.1 Å². The molecule has 4 amide bonds. The first-order valence-corrected chi connectivity index (χ1v) is 27.3. The fraction of sp³-hybridized carbons (Fsp3) is 0.567. The highest BCUT2D eigenvalue weighted by atomic mass is 16.5. The normalized spacial score (nSPS) is 23.3. The molecule has 2 N–H and O–H groups in total. The van der Waals surface area contributed by atoms with Crippen LogP contribution in [0.5, 0.6) is 0 Å². The van der Waals surface area contributed by atoms with Gasteiger partial charge in [-0.2, -0.15) is 0 Å². The van der Waals surface area contributed by atoms with Crippen LogP contribution in [0.25, 0.3) is 33.3 Å². The van der Waals surface area contributed by atoms with E-state index in [1.165, 1.54) is 9.91 Å². The molecule has 6 bridgehead atoms. The summed E-state index contributed by atoms with van der Waals surface area (Å²) in [5, 5.41) is 5.61. The highest BCUT2D eigenvalue weighted by molar-refractivity contribution is 5.97. The third-order valence-corrected chi connectivity index (χ3v) is 15.9. The van der Waals surface area contributed by atoms with Crippen LogP contribution in [0.2, 0.25) is 0 Å². The quantitative estimate of drug-likeness (QED) is 0.124. The minimum Gasteiger partial charge on any atom is -0.464 e. The Hall–Kier alpha value is -6.12. The van der Waals surface area contributed by atoms with Gasteiger partial charge in [0.05, 0.1) is 48.8 Å². The minimum atomic E-state index is -1.07. The second kappa shape index (κ2) is 23.2. The van der Waals surface area contributed by atoms with Crippen LogP contribution in [0.4, 0.5) is 0 Å². The van der Waals surface area contributed by atoms with Crippen molar-refractivity contribution in [3.63, 3.8) is 0 Å². The number of likely N-dealkylation sites (N-methyl/N-ethyl adjacent to an activating group) is 1. The Morgan fingerprint density at radius 3 is 2.45 bits per heavy atom. The summed E-state index contributed by atoms with van der Waals surface area (Å²) in [5.41, 5.74) is 9.87. The van der Waals surface area contributed by atoms with Crippen molar-refractivity contribution in [1.29, 1.82) is 0 Å². The van der Waals surface area contributed by atoms with Crippen molar-refractivity contribution < 1.29 is 38.2 Å². The van der Waals surface area contributed by atoms with Crippen LogP contribution in [0, 0.1) is 29.1 Å². The smallest absolute Gasteiger partial charge is 0.324 e. The van der Waals surface area contributed by atoms with Crippen LogP contribution in [-0.2, 0) is 57.6 Å². The summed E-state index contributed by atoms with van der Waals surface area (Å²) >= 11 is 0. The van der Waals surface area contributed by atoms with E-state index in [4.69, 9.17) is 19.2 Å². The van der Waals surface area contributed by atoms with Crippen LogP contribution >= 0.6 is 0 Å². The molecule has 0 spiro atoms. The van der Waals surface area contributed by atoms with Crippen molar-refractivity contribution in [1.82, 2.24) is 40.0 Å². The van der Waals surface area contributed by atoms with E-state index in [0.717, 1.165) is 50.1 Å². The van der Waals surface area contributed by atoms with Crippen molar-refractivity contribution >= 4 is 40.5 Å². The van der Waals surface area contributed by atoms with Crippen LogP contribution in [-0.4, -0.2) is 148 Å². The van der Waals surface area contributed by atoms with E-state index in [1.807, 2.05) is 52.8 Å². The first-order chi connectivity index (χ1) is 36.1. The third-order valence-electron chi connectivity index (χ3n) is 15.9. The Labute approximate surface area is 449 Å². The summed E-state index contributed by atoms with van der Waals surface area (Å²) in [6, 6.07) is 16.1. The molecule has 16 nitrogen and oxygen atoms in total. The lowest BCUT2D eigenvalue weighted by Crippen LogP contribution is -2.62. The molecule has 0 radical (unpaired) electrons. The van der Waals surface area contributed by atoms with Crippen LogP contribution < -0.4 is 10.7 Å². The third kappa shape index (κ3) is 11.9. The number of benzene rings is 2. The van der Waals surface area contributed by atoms with E-state index in [9.17, 15) is 24.0 Å². The minimum absolute atomic E-state index is 0.129. The molecule has 4 aliphatic rings. The number of esters is 1. The van der Waals surface area contributed by atoms with Crippen LogP contribution in [0.3, 0.4) is 0 Å². The number of amides is 4. The zero-order valence-corrected chi connectivity index (χ0v) is 46.8. The van der Waals surface area contributed by atoms with Gasteiger partial charge < -0.3 is 33.9 Å². The maximum atomic E-state index is 14.9. The molecule has 0 unspecified atom stereocenters. The fourth-order valence-electron chi connectivity index (χ4n) is 12.2. The number of carbonyl (C=O) groups is 5. The zero-order valence-electron chi connectivity index (χ0n) is 46.8. The van der Waals surface area contributed by atoms with Crippen molar-refractivity contribution in [2.24, 2.45) is 17.3 Å². The van der Waals surface area contributed by atoms with Gasteiger partial charge in [0.2, 0.25) is 11.8 Å². The molecular weight excluding hydrogens is 961 g/mol. The predicted octanol–water partition coefficient (Wildman–Crippen LogP) is 6.97. The summed E-state index contributed by atoms with van der Waals surface area (Å²) in [7, 11) is 3.31. The summed E-state index contributed by atoms with van der Waals surface area (Å²) in [4.78, 5) is 81.8. The number of hydrazine groups is 1. The number of fused-ring (bicyclic) bond motifs is 6. The molecule has 8 rings (SSSR count). The number of aromatic nitrogens is 2. The molecule has 2 aromatic heterocycles. The van der Waals surface area contributed by atoms with E-state index in [1.54, 1.807) is 25.3 Å². The molecule has 2 aromatic carbocycles. The van der Waals surface area contributed by atoms with Gasteiger partial charge >= 0.3 is 5.97 Å². The number of ether oxygens (including phenoxy) is 3. The second-order valence-electron chi connectivity index (χ2n) is 23.2. The number of carbonyl (C=O) groups excluding carboxylic acids is 5. The van der Waals surface area contributed by atoms with Gasteiger partial charge in [0.15, 0.2) is 0 Å². The molecule has 0 aliphatic carbocycles. The number of morpholine rings is 1. The highest BCUT2D eigenvalue weighted by Gasteiger charge is 2.41. The molecule has 76 heavy (non-hydrogen) atoms. The van der Waals surface area contributed by atoms with Gasteiger partial charge in [-0.1, -0.05) is 63.9 Å². The lowest BCUT2D eigenvalue weighted by molar-refractivity contribution is -0.155. The average molecular weight is 1040 g/mol. The molecule has 408 valence electrons. The molecule has 6 heterocycles. The molecule has 4 aromatic rings. The van der Waals surface area contributed by atoms with E-state index in [2.05, 4.69) is 103 Å². The highest BCUT2D eigenvalue weighted by Crippen LogP contribution is 2.42. The number of hydrogen-bond donors (Lipinski definition) is 2. The number of pyridine rings is 1. The van der Waals surface area contributed by atoms with Crippen molar-refractivity contribution in [3.05, 3.63) is 77.6 Å². The fourth-order valence-corrected chi connectivity index (χ4v) is 12.2. The molecule has 3 fully saturated rings. The molecular formula is C60H80N8O8. The standard InChI is InChI=1S/C60H80N8O8/c1-13-66-50-22-21-43-31-46(50)47(54(66)45-19-15-26-61-52(45)40(6)74-12)32-59(7,8)36-76-58(73)48-20-16-27-67(63-48)57(72)49(30-41-17-14-18-42(43)29-41)62-55(70)53(37(2)3)64(11)56(71)44-24-28-65(33-44)51(69)23-25-60(9,10)68-38(4)34-75-35-39(68)5/h14-15,17-19,21-22,26,29,31,37-40,44,48-49,53,63H,13,16,20,24,27-28,30,32-36H2,1-12H3,(H,62,70)/t38-,39+,40-,44-,48-,49-,53-/m0/s1. The maximum Gasteiger partial charge on any atom is 0.324 e. The summed E-state index contributed by atoms with van der Waals surface area (Å²) in [5.74, 6) is 3.30. The number of nitrogens with zero attached hydrogens (tertiary/aromatic N) is 6. The molecule has 4 aliphatic heterocycles. The molecule has 3 saturated heterocycles. The Balaban J connectivity index is 1.08. The van der Waals surface area contributed by atoms with Gasteiger partial charge in [0, 0.05) is 86.9 Å². The van der Waals surface area contributed by atoms with E-state index in [0.29, 0.717) is 58.5 Å². The number of nitrogens with one attached hydrogen (secondary N) is 2. The average Bonchev–Trinajstić information content (AvgIpc) is 4.01. The number of aryl methyl sites for hydroxylation is 1. The lowest BCUT2D eigenvalue weighted by Gasteiger charge is -2.46. The molecule has 0 saturated carbocycles. The number of methoxy groups -OCH3 is 1. The summed E-state index contributed by atoms with van der Waals surface area (Å²) in [6.07, 6.45) is 3.68. The first kappa shape index (κ1) is 56.1. The van der Waals surface area contributed by atoms with E-state index in [-0.39, 0.29) is 55.5 Å². The number of likely N-dealkylation sites (tertiary alicyclic amines) is 1. The zero-order chi connectivity index (χ0) is 54.8. The van der Waals surface area contributed by atoms with E-state index >= 15 is 0 Å². The largest absolute Gasteiger partial charge is 0.464 e. The monoisotopic (exact) mass is 1040 g/mol. The predicted molar refractivity (Wildman–Crippen MR) is 293 cm³/mol. The SMILES string of the molecule is CCn1c(-c2cccnc2[C@H](C)OC)c2c3cc(ccc31)-c1cccc(c1)C[C@H](NC(=O)[C@H](C(C)C)N(C)C(=O)[C@H]1CCN(C(=O)C#CC(C)(C)N3[C@H](C)COC[C@@H]3C)C1)C(=O)N1CCC[C@H](N1)C(=O)OCC(C)(C)C2. The van der Waals surface area contributed by atoms with Gasteiger partial charge in [0.25, 0.3) is 11.8 Å². The van der Waals surface area contributed by atoms with Crippen LogP contribution in [0.1, 0.15) is 111 Å². The Morgan fingerprint density at radius 2 is 1.74 bits per heavy atom. The molecule has 7 atom stereocenters. The van der Waals surface area contributed by atoms with Crippen molar-refractivity contribution in [2.75, 3.05) is 53.6 Å². The van der Waals surface area contributed by atoms with Crippen LogP contribution in [0.15, 0.2) is 60.8 Å². The van der Waals surface area contributed by atoms with Gasteiger partial charge in [-0.05, 0) is 126 Å². The topological polar surface area (TPSA) is 168 Å². The molecule has 16 heteroatoms. The van der Waals surface area contributed by atoms with Crippen molar-refractivity contribution in [2.45, 2.75) is 150 Å². The summed E-state index contributed by atoms with van der Waals surface area (Å²) in [6.45, 7) is 23.2. The number of rotatable bonds is 10. The number of hydrogen-bond acceptors (Lipinski definition) is 11. The summed E-state index contributed by atoms with van der Waals surface area (Å²) < 4.78 is 20.1. The van der Waals surface area contributed by atoms with Gasteiger partial charge in [-0.25, -0.2) is 5.43 Å². The van der Waals surface area contributed by atoms with Crippen molar-refractivity contribution in [3.8, 4) is 34.2 Å². The Morgan fingerprint density at radius 1 is 1.00 bits per heavy atom. The lowest BCUT2D eigenvalue weighted by atomic mass is 9.84. The van der Waals surface area contributed by atoms with E-state index < -0.39 is 52.8 Å². The Kier molecular flexibility index (Phi) is 17.1. The number of cyclic esters (lactones) is 1. The van der Waals surface area contributed by atoms with Gasteiger partial charge in [-0.3, -0.25) is 38.9 Å². The second-order valence-corrected chi connectivity index (χ2v) is 23.2. The van der Waals surface area contributed by atoms with Gasteiger partial charge in [-0.15, -0.1) is 0 Å².